The number of carbonyl (C=O) groups is 2. The number of piperazine rings is 1. The Hall–Kier alpha value is -2.62. The van der Waals surface area contributed by atoms with E-state index in [4.69, 9.17) is 0 Å². The number of pyridine rings is 1. The molecule has 0 unspecified atom stereocenters. The van der Waals surface area contributed by atoms with E-state index >= 15 is 0 Å². The number of rotatable bonds is 3. The molecule has 7 heteroatoms. The summed E-state index contributed by atoms with van der Waals surface area (Å²) < 4.78 is 0. The summed E-state index contributed by atoms with van der Waals surface area (Å²) in [7, 11) is 0. The van der Waals surface area contributed by atoms with E-state index in [-0.39, 0.29) is 18.4 Å². The monoisotopic (exact) mass is 355 g/mol. The number of nitrogens with zero attached hydrogens (tertiary/aromatic N) is 5. The molecule has 0 N–H and O–H groups in total. The van der Waals surface area contributed by atoms with Crippen LogP contribution in [-0.4, -0.2) is 65.9 Å². The van der Waals surface area contributed by atoms with Gasteiger partial charge in [-0.25, -0.2) is 4.98 Å². The van der Waals surface area contributed by atoms with E-state index in [0.717, 1.165) is 25.7 Å². The first-order valence-electron chi connectivity index (χ1n) is 9.34. The second-order valence-corrected chi connectivity index (χ2v) is 6.83. The number of hydrogen-bond acceptors (Lipinski definition) is 5. The van der Waals surface area contributed by atoms with Gasteiger partial charge in [-0.1, -0.05) is 12.8 Å². The third-order valence-corrected chi connectivity index (χ3v) is 5.09. The van der Waals surface area contributed by atoms with Gasteiger partial charge in [0.05, 0.1) is 12.1 Å². The van der Waals surface area contributed by atoms with Crippen LogP contribution in [-0.2, 0) is 9.59 Å². The van der Waals surface area contributed by atoms with E-state index < -0.39 is 0 Å². The van der Waals surface area contributed by atoms with Gasteiger partial charge in [0.25, 0.3) is 0 Å². The van der Waals surface area contributed by atoms with E-state index in [2.05, 4.69) is 11.1 Å². The standard InChI is InChI=1S/C19H25N5O2/c20-14-16-6-5-8-21-19(16)23-12-10-22(11-13-23)18(26)15-24-9-4-2-1-3-7-17(24)25/h5-6,8H,1-4,7,9-13,15H2. The molecule has 0 radical (unpaired) electrons. The normalized spacial score (nSPS) is 18.9. The molecule has 2 aliphatic rings. The lowest BCUT2D eigenvalue weighted by atomic mass is 10.1. The topological polar surface area (TPSA) is 80.5 Å². The Bertz CT molecular complexity index is 691. The van der Waals surface area contributed by atoms with Crippen LogP contribution in [0.2, 0.25) is 0 Å². The number of carbonyl (C=O) groups excluding carboxylic acids is 2. The molecule has 3 heterocycles. The van der Waals surface area contributed by atoms with Crippen molar-refractivity contribution in [2.75, 3.05) is 44.2 Å². The van der Waals surface area contributed by atoms with E-state index in [1.165, 1.54) is 0 Å². The molecule has 0 saturated carbocycles. The predicted octanol–water partition coefficient (Wildman–Crippen LogP) is 1.39. The molecule has 2 fully saturated rings. The molecule has 1 aromatic rings. The highest BCUT2D eigenvalue weighted by Gasteiger charge is 2.26. The lowest BCUT2D eigenvalue weighted by Crippen LogP contribution is -2.52. The summed E-state index contributed by atoms with van der Waals surface area (Å²) in [5, 5.41) is 9.22. The minimum absolute atomic E-state index is 0.0140. The number of nitriles is 1. The van der Waals surface area contributed by atoms with Crippen molar-refractivity contribution >= 4 is 17.6 Å². The Balaban J connectivity index is 1.55. The highest BCUT2D eigenvalue weighted by molar-refractivity contribution is 5.85. The molecule has 0 bridgehead atoms. The second kappa shape index (κ2) is 8.65. The van der Waals surface area contributed by atoms with Crippen LogP contribution in [0.25, 0.3) is 0 Å². The average Bonchev–Trinajstić information content (AvgIpc) is 2.67. The summed E-state index contributed by atoms with van der Waals surface area (Å²) in [5.41, 5.74) is 0.554. The Kier molecular flexibility index (Phi) is 6.05. The fourth-order valence-electron chi connectivity index (χ4n) is 3.55. The lowest BCUT2D eigenvalue weighted by Gasteiger charge is -2.36. The van der Waals surface area contributed by atoms with Crippen LogP contribution < -0.4 is 4.90 Å². The maximum Gasteiger partial charge on any atom is 0.242 e. The van der Waals surface area contributed by atoms with Gasteiger partial charge in [0.15, 0.2) is 0 Å². The molecular formula is C19H25N5O2. The summed E-state index contributed by atoms with van der Waals surface area (Å²) in [4.78, 5) is 34.7. The maximum absolute atomic E-state index is 12.6. The van der Waals surface area contributed by atoms with E-state index in [1.54, 1.807) is 23.2 Å². The molecule has 2 amide bonds. The minimum Gasteiger partial charge on any atom is -0.352 e. The Labute approximate surface area is 154 Å². The zero-order valence-electron chi connectivity index (χ0n) is 15.1. The van der Waals surface area contributed by atoms with Crippen LogP contribution in [0.1, 0.15) is 37.7 Å². The van der Waals surface area contributed by atoms with Gasteiger partial charge in [0.2, 0.25) is 11.8 Å². The van der Waals surface area contributed by atoms with E-state index in [1.807, 2.05) is 9.80 Å². The maximum atomic E-state index is 12.6. The first kappa shape index (κ1) is 18.2. The van der Waals surface area contributed by atoms with Crippen LogP contribution >= 0.6 is 0 Å². The molecular weight excluding hydrogens is 330 g/mol. The van der Waals surface area contributed by atoms with Crippen molar-refractivity contribution in [3.05, 3.63) is 23.9 Å². The predicted molar refractivity (Wildman–Crippen MR) is 97.4 cm³/mol. The number of likely N-dealkylation sites (tertiary alicyclic amines) is 1. The van der Waals surface area contributed by atoms with Crippen molar-refractivity contribution < 1.29 is 9.59 Å². The zero-order valence-corrected chi connectivity index (χ0v) is 15.1. The van der Waals surface area contributed by atoms with Crippen molar-refractivity contribution in [2.45, 2.75) is 32.1 Å². The number of amides is 2. The van der Waals surface area contributed by atoms with E-state index in [9.17, 15) is 14.9 Å². The number of aromatic nitrogens is 1. The Morgan fingerprint density at radius 1 is 1.12 bits per heavy atom. The summed E-state index contributed by atoms with van der Waals surface area (Å²) >= 11 is 0. The minimum atomic E-state index is 0.0140. The fraction of sp³-hybridized carbons (Fsp3) is 0.579. The Morgan fingerprint density at radius 3 is 2.65 bits per heavy atom. The van der Waals surface area contributed by atoms with Crippen LogP contribution in [0, 0.1) is 11.3 Å². The van der Waals surface area contributed by atoms with Crippen molar-refractivity contribution in [2.24, 2.45) is 0 Å². The smallest absolute Gasteiger partial charge is 0.242 e. The van der Waals surface area contributed by atoms with Crippen LogP contribution in [0.3, 0.4) is 0 Å². The van der Waals surface area contributed by atoms with Crippen molar-refractivity contribution in [3.63, 3.8) is 0 Å². The van der Waals surface area contributed by atoms with E-state index in [0.29, 0.717) is 50.5 Å². The molecule has 26 heavy (non-hydrogen) atoms. The molecule has 3 rings (SSSR count). The molecule has 0 atom stereocenters. The van der Waals surface area contributed by atoms with Gasteiger partial charge in [-0.05, 0) is 25.0 Å². The lowest BCUT2D eigenvalue weighted by molar-refractivity contribution is -0.141. The molecule has 1 aromatic heterocycles. The summed E-state index contributed by atoms with van der Waals surface area (Å²) in [6.07, 6.45) is 6.37. The van der Waals surface area contributed by atoms with Gasteiger partial charge in [-0.3, -0.25) is 9.59 Å². The van der Waals surface area contributed by atoms with Crippen molar-refractivity contribution in [1.29, 1.82) is 5.26 Å². The zero-order chi connectivity index (χ0) is 18.4. The molecule has 0 aromatic carbocycles. The van der Waals surface area contributed by atoms with Gasteiger partial charge in [0.1, 0.15) is 11.9 Å². The van der Waals surface area contributed by atoms with Crippen molar-refractivity contribution in [3.8, 4) is 6.07 Å². The fourth-order valence-corrected chi connectivity index (χ4v) is 3.55. The quantitative estimate of drug-likeness (QED) is 0.819. The summed E-state index contributed by atoms with van der Waals surface area (Å²) in [6, 6.07) is 5.68. The summed E-state index contributed by atoms with van der Waals surface area (Å²) in [5.74, 6) is 0.796. The summed E-state index contributed by atoms with van der Waals surface area (Å²) in [6.45, 7) is 3.33. The number of hydrogen-bond donors (Lipinski definition) is 0. The van der Waals surface area contributed by atoms with Gasteiger partial charge in [0, 0.05) is 45.3 Å². The van der Waals surface area contributed by atoms with Crippen LogP contribution in [0.15, 0.2) is 18.3 Å². The molecule has 0 spiro atoms. The molecule has 0 aliphatic carbocycles. The van der Waals surface area contributed by atoms with Gasteiger partial charge in [-0.15, -0.1) is 0 Å². The second-order valence-electron chi connectivity index (χ2n) is 6.83. The van der Waals surface area contributed by atoms with Gasteiger partial charge in [-0.2, -0.15) is 5.26 Å². The van der Waals surface area contributed by atoms with Gasteiger partial charge < -0.3 is 14.7 Å². The third-order valence-electron chi connectivity index (χ3n) is 5.09. The first-order valence-corrected chi connectivity index (χ1v) is 9.34. The van der Waals surface area contributed by atoms with Crippen LogP contribution in [0.4, 0.5) is 5.82 Å². The average molecular weight is 355 g/mol. The SMILES string of the molecule is N#Cc1cccnc1N1CCN(C(=O)CN2CCCCCCC2=O)CC1. The third kappa shape index (κ3) is 4.31. The molecule has 138 valence electrons. The largest absolute Gasteiger partial charge is 0.352 e. The Morgan fingerprint density at radius 2 is 1.88 bits per heavy atom. The molecule has 7 nitrogen and oxygen atoms in total. The number of anilines is 1. The molecule has 2 aliphatic heterocycles. The highest BCUT2D eigenvalue weighted by Crippen LogP contribution is 2.18. The molecule has 2 saturated heterocycles. The van der Waals surface area contributed by atoms with Crippen LogP contribution in [0.5, 0.6) is 0 Å². The van der Waals surface area contributed by atoms with Crippen molar-refractivity contribution in [1.82, 2.24) is 14.8 Å². The van der Waals surface area contributed by atoms with Gasteiger partial charge >= 0.3 is 0 Å². The highest BCUT2D eigenvalue weighted by atomic mass is 16.2. The first-order chi connectivity index (χ1) is 12.7.